The van der Waals surface area contributed by atoms with Crippen molar-refractivity contribution in [3.05, 3.63) is 42.4 Å². The first-order valence-corrected chi connectivity index (χ1v) is 8.73. The number of pyridine rings is 3. The largest absolute Gasteiger partial charge is 0.396 e. The number of nitrogens with two attached hydrogens (primary N) is 2. The summed E-state index contributed by atoms with van der Waals surface area (Å²) in [7, 11) is 0. The maximum absolute atomic E-state index is 12.1. The molecule has 27 heavy (non-hydrogen) atoms. The van der Waals surface area contributed by atoms with Gasteiger partial charge in [0.2, 0.25) is 5.91 Å². The first kappa shape index (κ1) is 17.3. The molecule has 1 fully saturated rings. The summed E-state index contributed by atoms with van der Waals surface area (Å²) < 4.78 is 0. The number of aromatic nitrogens is 3. The maximum atomic E-state index is 12.1. The summed E-state index contributed by atoms with van der Waals surface area (Å²) in [6.45, 7) is 0.0312. The lowest BCUT2D eigenvalue weighted by molar-refractivity contribution is -0.117. The topological polar surface area (TPSA) is 140 Å². The maximum Gasteiger partial charge on any atom is 0.230 e. The lowest BCUT2D eigenvalue weighted by atomic mass is 10.0. The van der Waals surface area contributed by atoms with Crippen LogP contribution in [0.15, 0.2) is 36.8 Å². The van der Waals surface area contributed by atoms with Crippen molar-refractivity contribution in [3.63, 3.8) is 0 Å². The number of aliphatic hydroxyl groups is 1. The number of hydrogen-bond acceptors (Lipinski definition) is 7. The zero-order valence-electron chi connectivity index (χ0n) is 14.6. The van der Waals surface area contributed by atoms with Crippen molar-refractivity contribution in [2.24, 2.45) is 11.7 Å². The molecule has 138 valence electrons. The first-order valence-electron chi connectivity index (χ1n) is 8.73. The summed E-state index contributed by atoms with van der Waals surface area (Å²) in [4.78, 5) is 25.0. The molecule has 3 aromatic heterocycles. The molecule has 0 unspecified atom stereocenters. The van der Waals surface area contributed by atoms with E-state index in [-0.39, 0.29) is 24.5 Å². The minimum absolute atomic E-state index is 0.0312. The Morgan fingerprint density at radius 1 is 1.33 bits per heavy atom. The molecule has 1 amide bonds. The minimum Gasteiger partial charge on any atom is -0.396 e. The summed E-state index contributed by atoms with van der Waals surface area (Å²) in [6, 6.07) is 5.44. The van der Waals surface area contributed by atoms with E-state index in [2.05, 4.69) is 20.3 Å². The Morgan fingerprint density at radius 3 is 2.89 bits per heavy atom. The summed E-state index contributed by atoms with van der Waals surface area (Å²) in [5.74, 6) is 0.534. The van der Waals surface area contributed by atoms with Gasteiger partial charge in [0.25, 0.3) is 0 Å². The van der Waals surface area contributed by atoms with E-state index in [1.165, 1.54) is 0 Å². The van der Waals surface area contributed by atoms with E-state index in [1.54, 1.807) is 24.7 Å². The minimum atomic E-state index is -0.142. The molecule has 1 aliphatic rings. The van der Waals surface area contributed by atoms with Gasteiger partial charge >= 0.3 is 0 Å². The average molecular weight is 364 g/mol. The number of carbonyl (C=O) groups excluding carboxylic acids is 1. The Labute approximate surface area is 155 Å². The molecule has 0 saturated heterocycles. The van der Waals surface area contributed by atoms with Crippen LogP contribution < -0.4 is 16.8 Å². The Hall–Kier alpha value is -3.10. The van der Waals surface area contributed by atoms with Crippen molar-refractivity contribution in [1.82, 2.24) is 15.0 Å². The van der Waals surface area contributed by atoms with Crippen LogP contribution in [0.2, 0.25) is 0 Å². The molecule has 1 saturated carbocycles. The second-order valence-electron chi connectivity index (χ2n) is 6.69. The molecule has 8 heteroatoms. The number of nitrogens with one attached hydrogen (secondary N) is 1. The van der Waals surface area contributed by atoms with E-state index in [0.717, 1.165) is 16.5 Å². The number of amides is 1. The Kier molecular flexibility index (Phi) is 4.43. The second-order valence-corrected chi connectivity index (χ2v) is 6.69. The van der Waals surface area contributed by atoms with Gasteiger partial charge in [0, 0.05) is 42.2 Å². The number of rotatable bonds is 5. The van der Waals surface area contributed by atoms with Gasteiger partial charge in [-0.3, -0.25) is 9.78 Å². The number of nitrogens with zero attached hydrogens (tertiary/aromatic N) is 3. The van der Waals surface area contributed by atoms with Crippen molar-refractivity contribution in [1.29, 1.82) is 0 Å². The van der Waals surface area contributed by atoms with E-state index in [0.29, 0.717) is 35.6 Å². The summed E-state index contributed by atoms with van der Waals surface area (Å²) in [5.41, 5.74) is 14.2. The third-order valence-corrected chi connectivity index (χ3v) is 4.74. The van der Waals surface area contributed by atoms with Crippen LogP contribution in [0.5, 0.6) is 0 Å². The third-order valence-electron chi connectivity index (χ3n) is 4.74. The van der Waals surface area contributed by atoms with Crippen LogP contribution in [0.25, 0.3) is 22.0 Å². The fourth-order valence-corrected chi connectivity index (χ4v) is 3.11. The molecule has 0 aliphatic heterocycles. The Balaban J connectivity index is 1.72. The molecule has 0 radical (unpaired) electrons. The van der Waals surface area contributed by atoms with Gasteiger partial charge in [-0.15, -0.1) is 0 Å². The number of aliphatic hydroxyl groups excluding tert-OH is 1. The Morgan fingerprint density at radius 2 is 2.15 bits per heavy atom. The summed E-state index contributed by atoms with van der Waals surface area (Å²) in [6.07, 6.45) is 6.18. The molecule has 1 aliphatic carbocycles. The molecule has 6 N–H and O–H groups in total. The number of nitrogen functional groups attached to an aromatic ring is 1. The molecule has 0 bridgehead atoms. The predicted octanol–water partition coefficient (Wildman–Crippen LogP) is 1.09. The molecule has 0 aromatic carbocycles. The van der Waals surface area contributed by atoms with Crippen LogP contribution in [0.4, 0.5) is 11.6 Å². The molecular formula is C19H20N6O2. The van der Waals surface area contributed by atoms with Crippen molar-refractivity contribution in [2.45, 2.75) is 18.9 Å². The monoisotopic (exact) mass is 364 g/mol. The normalized spacial score (nSPS) is 18.4. The van der Waals surface area contributed by atoms with Gasteiger partial charge in [0.15, 0.2) is 0 Å². The van der Waals surface area contributed by atoms with Crippen LogP contribution in [-0.2, 0) is 11.2 Å². The van der Waals surface area contributed by atoms with Crippen LogP contribution in [0.1, 0.15) is 12.0 Å². The van der Waals surface area contributed by atoms with E-state index in [4.69, 9.17) is 11.5 Å². The van der Waals surface area contributed by atoms with E-state index in [9.17, 15) is 9.90 Å². The number of hydrogen-bond donors (Lipinski definition) is 4. The van der Waals surface area contributed by atoms with Gasteiger partial charge in [0.1, 0.15) is 11.6 Å². The van der Waals surface area contributed by atoms with Crippen LogP contribution >= 0.6 is 0 Å². The van der Waals surface area contributed by atoms with Gasteiger partial charge in [-0.1, -0.05) is 0 Å². The van der Waals surface area contributed by atoms with Crippen molar-refractivity contribution >= 4 is 28.3 Å². The highest BCUT2D eigenvalue weighted by molar-refractivity contribution is 5.98. The van der Waals surface area contributed by atoms with Crippen molar-refractivity contribution < 1.29 is 9.90 Å². The zero-order chi connectivity index (χ0) is 19.0. The molecular weight excluding hydrogens is 344 g/mol. The van der Waals surface area contributed by atoms with E-state index >= 15 is 0 Å². The third kappa shape index (κ3) is 3.44. The van der Waals surface area contributed by atoms with Gasteiger partial charge in [-0.05, 0) is 42.0 Å². The molecule has 0 spiro atoms. The van der Waals surface area contributed by atoms with Gasteiger partial charge in [-0.25, -0.2) is 9.97 Å². The van der Waals surface area contributed by atoms with E-state index in [1.807, 2.05) is 12.1 Å². The number of fused-ring (bicyclic) bond motifs is 1. The van der Waals surface area contributed by atoms with Gasteiger partial charge in [-0.2, -0.15) is 0 Å². The molecule has 8 nitrogen and oxygen atoms in total. The average Bonchev–Trinajstić information content (AvgIpc) is 3.39. The van der Waals surface area contributed by atoms with Crippen molar-refractivity contribution in [3.8, 4) is 11.3 Å². The van der Waals surface area contributed by atoms with Gasteiger partial charge < -0.3 is 21.9 Å². The fraction of sp³-hybridized carbons (Fsp3) is 0.263. The molecule has 3 aromatic rings. The summed E-state index contributed by atoms with van der Waals surface area (Å²) >= 11 is 0. The Bertz CT molecular complexity index is 1020. The van der Waals surface area contributed by atoms with E-state index < -0.39 is 0 Å². The van der Waals surface area contributed by atoms with Crippen LogP contribution in [0.3, 0.4) is 0 Å². The zero-order valence-corrected chi connectivity index (χ0v) is 14.6. The van der Waals surface area contributed by atoms with Gasteiger partial charge in [0.05, 0.1) is 11.6 Å². The highest BCUT2D eigenvalue weighted by Gasteiger charge is 2.40. The smallest absolute Gasteiger partial charge is 0.230 e. The number of carbonyl (C=O) groups is 1. The first-order chi connectivity index (χ1) is 13.1. The summed E-state index contributed by atoms with van der Waals surface area (Å²) in [5, 5.41) is 13.6. The second kappa shape index (κ2) is 6.90. The molecule has 3 heterocycles. The molecule has 4 rings (SSSR count). The molecule has 2 atom stereocenters. The van der Waals surface area contributed by atoms with Crippen molar-refractivity contribution in [2.75, 3.05) is 17.7 Å². The standard InChI is InChI=1S/C19H20N6O2/c20-15-7-12(15)19(27)25-17-6-11-5-16(24-18(21)14(11)9-23-17)13-8-22-3-1-10(13)2-4-26/h1,3,5-6,8-9,12,15,26H,2,4,7,20H2,(H2,21,24)(H,23,25,27)/t12-,15-/m0/s1. The van der Waals surface area contributed by atoms with Crippen LogP contribution in [0, 0.1) is 5.92 Å². The predicted molar refractivity (Wildman–Crippen MR) is 103 cm³/mol. The number of anilines is 2. The lowest BCUT2D eigenvalue weighted by Gasteiger charge is -2.11. The SMILES string of the molecule is Nc1nc(-c2cnccc2CCO)cc2cc(NC(=O)[C@H]3C[C@@H]3N)ncc12. The lowest BCUT2D eigenvalue weighted by Crippen LogP contribution is -2.19. The van der Waals surface area contributed by atoms with Crippen LogP contribution in [-0.4, -0.2) is 38.6 Å². The highest BCUT2D eigenvalue weighted by Crippen LogP contribution is 2.31. The quantitative estimate of drug-likeness (QED) is 0.531. The fourth-order valence-electron chi connectivity index (χ4n) is 3.11. The highest BCUT2D eigenvalue weighted by atomic mass is 16.3.